The third-order valence-electron chi connectivity index (χ3n) is 4.90. The van der Waals surface area contributed by atoms with E-state index in [0.29, 0.717) is 6.54 Å². The number of rotatable bonds is 6. The van der Waals surface area contributed by atoms with Gasteiger partial charge in [-0.1, -0.05) is 30.3 Å². The number of aliphatic hydroxyl groups is 1. The van der Waals surface area contributed by atoms with Crippen LogP contribution in [0.25, 0.3) is 0 Å². The Kier molecular flexibility index (Phi) is 5.33. The van der Waals surface area contributed by atoms with Crippen LogP contribution >= 0.6 is 0 Å². The Balaban J connectivity index is 1.52. The average molecular weight is 328 g/mol. The Labute approximate surface area is 144 Å². The zero-order valence-electron chi connectivity index (χ0n) is 14.7. The van der Waals surface area contributed by atoms with Crippen LogP contribution in [0.4, 0.5) is 0 Å². The number of nitrogens with zero attached hydrogens (tertiary/aromatic N) is 4. The molecular formula is C19H28N4O. The first-order valence-electron chi connectivity index (χ1n) is 8.81. The summed E-state index contributed by atoms with van der Waals surface area (Å²) in [5, 5.41) is 10.8. The number of aromatic nitrogens is 2. The summed E-state index contributed by atoms with van der Waals surface area (Å²) in [6.07, 6.45) is 3.93. The van der Waals surface area contributed by atoms with Crippen molar-refractivity contribution in [2.45, 2.75) is 32.5 Å². The first-order valence-corrected chi connectivity index (χ1v) is 8.81. The monoisotopic (exact) mass is 328 g/mol. The van der Waals surface area contributed by atoms with Gasteiger partial charge in [0.05, 0.1) is 12.1 Å². The number of benzene rings is 1. The van der Waals surface area contributed by atoms with Crippen LogP contribution in [0.2, 0.25) is 0 Å². The summed E-state index contributed by atoms with van der Waals surface area (Å²) in [6.45, 7) is 10.6. The van der Waals surface area contributed by atoms with Gasteiger partial charge in [0.1, 0.15) is 5.82 Å². The highest BCUT2D eigenvalue weighted by molar-refractivity contribution is 5.21. The highest BCUT2D eigenvalue weighted by Crippen LogP contribution is 2.22. The largest absolute Gasteiger partial charge is 0.384 e. The molecule has 0 saturated carbocycles. The molecule has 1 aliphatic rings. The summed E-state index contributed by atoms with van der Waals surface area (Å²) in [4.78, 5) is 9.27. The van der Waals surface area contributed by atoms with Gasteiger partial charge in [0.25, 0.3) is 0 Å². The Morgan fingerprint density at radius 2 is 1.75 bits per heavy atom. The summed E-state index contributed by atoms with van der Waals surface area (Å²) in [7, 11) is 0. The van der Waals surface area contributed by atoms with E-state index in [9.17, 15) is 5.11 Å². The molecule has 3 rings (SSSR count). The minimum atomic E-state index is -0.804. The summed E-state index contributed by atoms with van der Waals surface area (Å²) in [5.41, 5.74) is 0.180. The second-order valence-electron chi connectivity index (χ2n) is 6.82. The normalized spacial score (nSPS) is 19.3. The second kappa shape index (κ2) is 7.47. The van der Waals surface area contributed by atoms with Crippen molar-refractivity contribution < 1.29 is 5.11 Å². The van der Waals surface area contributed by atoms with Crippen LogP contribution in [-0.2, 0) is 18.7 Å². The molecule has 1 atom stereocenters. The van der Waals surface area contributed by atoms with E-state index in [1.54, 1.807) is 0 Å². The Morgan fingerprint density at radius 1 is 1.08 bits per heavy atom. The van der Waals surface area contributed by atoms with Crippen molar-refractivity contribution >= 4 is 0 Å². The molecule has 0 bridgehead atoms. The van der Waals surface area contributed by atoms with E-state index in [-0.39, 0.29) is 0 Å². The molecule has 5 heteroatoms. The lowest BCUT2D eigenvalue weighted by molar-refractivity contribution is -0.000749. The van der Waals surface area contributed by atoms with Crippen LogP contribution in [0.5, 0.6) is 0 Å². The van der Waals surface area contributed by atoms with Gasteiger partial charge in [-0.3, -0.25) is 9.80 Å². The highest BCUT2D eigenvalue weighted by Gasteiger charge is 2.28. The molecule has 0 radical (unpaired) electrons. The molecule has 0 unspecified atom stereocenters. The molecular weight excluding hydrogens is 300 g/mol. The maximum Gasteiger partial charge on any atom is 0.122 e. The van der Waals surface area contributed by atoms with Crippen LogP contribution in [0, 0.1) is 0 Å². The van der Waals surface area contributed by atoms with Crippen molar-refractivity contribution in [1.29, 1.82) is 0 Å². The van der Waals surface area contributed by atoms with Crippen LogP contribution in [-0.4, -0.2) is 57.2 Å². The molecule has 2 aromatic rings. The fourth-order valence-corrected chi connectivity index (χ4v) is 3.41. The smallest absolute Gasteiger partial charge is 0.122 e. The molecule has 24 heavy (non-hydrogen) atoms. The molecule has 1 aromatic carbocycles. The van der Waals surface area contributed by atoms with E-state index in [0.717, 1.165) is 50.7 Å². The van der Waals surface area contributed by atoms with Crippen molar-refractivity contribution in [3.8, 4) is 0 Å². The third kappa shape index (κ3) is 4.04. The lowest BCUT2D eigenvalue weighted by Gasteiger charge is -2.38. The van der Waals surface area contributed by atoms with Crippen molar-refractivity contribution in [3.63, 3.8) is 0 Å². The summed E-state index contributed by atoms with van der Waals surface area (Å²) in [6, 6.07) is 9.95. The number of piperazine rings is 1. The zero-order chi connectivity index (χ0) is 17.0. The first-order chi connectivity index (χ1) is 11.6. The van der Waals surface area contributed by atoms with Gasteiger partial charge in [-0.25, -0.2) is 4.98 Å². The van der Waals surface area contributed by atoms with Crippen molar-refractivity contribution in [2.75, 3.05) is 32.7 Å². The van der Waals surface area contributed by atoms with E-state index >= 15 is 0 Å². The third-order valence-corrected chi connectivity index (χ3v) is 4.90. The molecule has 1 aliphatic heterocycles. The van der Waals surface area contributed by atoms with Gasteiger partial charge >= 0.3 is 0 Å². The number of hydrogen-bond acceptors (Lipinski definition) is 4. The Morgan fingerprint density at radius 3 is 2.42 bits per heavy atom. The van der Waals surface area contributed by atoms with Gasteiger partial charge in [-0.05, 0) is 19.4 Å². The topological polar surface area (TPSA) is 44.5 Å². The lowest BCUT2D eigenvalue weighted by Crippen LogP contribution is -2.50. The van der Waals surface area contributed by atoms with Crippen molar-refractivity contribution in [1.82, 2.24) is 19.4 Å². The zero-order valence-corrected chi connectivity index (χ0v) is 14.7. The van der Waals surface area contributed by atoms with Crippen LogP contribution in [0.1, 0.15) is 25.2 Å². The van der Waals surface area contributed by atoms with E-state index in [1.807, 2.05) is 49.6 Å². The second-order valence-corrected chi connectivity index (χ2v) is 6.82. The Bertz CT molecular complexity index is 630. The molecule has 0 amide bonds. The standard InChI is InChI=1S/C19H28N4O/c1-3-23-10-9-20-18(23)15-21-11-13-22(14-12-21)16-19(2,24)17-7-5-4-6-8-17/h4-10,24H,3,11-16H2,1-2H3/t19-/m1/s1. The number of hydrogen-bond donors (Lipinski definition) is 1. The molecule has 2 heterocycles. The predicted molar refractivity (Wildman–Crippen MR) is 95.6 cm³/mol. The first kappa shape index (κ1) is 17.1. The van der Waals surface area contributed by atoms with Gasteiger partial charge < -0.3 is 9.67 Å². The average Bonchev–Trinajstić information content (AvgIpc) is 3.04. The molecule has 5 nitrogen and oxygen atoms in total. The SMILES string of the molecule is CCn1ccnc1CN1CCN(C[C@@](C)(O)c2ccccc2)CC1. The van der Waals surface area contributed by atoms with Crippen molar-refractivity contribution in [3.05, 3.63) is 54.1 Å². The van der Waals surface area contributed by atoms with Gasteiger partial charge in [0.15, 0.2) is 0 Å². The van der Waals surface area contributed by atoms with Crippen LogP contribution in [0.15, 0.2) is 42.7 Å². The summed E-state index contributed by atoms with van der Waals surface area (Å²) >= 11 is 0. The maximum absolute atomic E-state index is 10.8. The lowest BCUT2D eigenvalue weighted by atomic mass is 9.95. The fourth-order valence-electron chi connectivity index (χ4n) is 3.41. The molecule has 0 spiro atoms. The highest BCUT2D eigenvalue weighted by atomic mass is 16.3. The minimum Gasteiger partial charge on any atom is -0.384 e. The molecule has 1 fully saturated rings. The number of imidazole rings is 1. The minimum absolute atomic E-state index is 0.675. The molecule has 1 aromatic heterocycles. The van der Waals surface area contributed by atoms with E-state index in [4.69, 9.17) is 0 Å². The number of β-amino-alcohol motifs (C(OH)–C–C–N with tert-alkyl or cyclic N) is 1. The van der Waals surface area contributed by atoms with Crippen LogP contribution in [0.3, 0.4) is 0 Å². The fraction of sp³-hybridized carbons (Fsp3) is 0.526. The molecule has 0 aliphatic carbocycles. The number of aryl methyl sites for hydroxylation is 1. The molecule has 1 N–H and O–H groups in total. The van der Waals surface area contributed by atoms with Gasteiger partial charge in [-0.2, -0.15) is 0 Å². The van der Waals surface area contributed by atoms with Gasteiger partial charge in [0, 0.05) is 51.7 Å². The maximum atomic E-state index is 10.8. The summed E-state index contributed by atoms with van der Waals surface area (Å²) in [5.74, 6) is 1.14. The van der Waals surface area contributed by atoms with Gasteiger partial charge in [-0.15, -0.1) is 0 Å². The van der Waals surface area contributed by atoms with Gasteiger partial charge in [0.2, 0.25) is 0 Å². The molecule has 1 saturated heterocycles. The van der Waals surface area contributed by atoms with E-state index in [2.05, 4.69) is 26.3 Å². The van der Waals surface area contributed by atoms with E-state index < -0.39 is 5.60 Å². The Hall–Kier alpha value is -1.69. The summed E-state index contributed by atoms with van der Waals surface area (Å²) < 4.78 is 2.20. The van der Waals surface area contributed by atoms with Crippen molar-refractivity contribution in [2.24, 2.45) is 0 Å². The van der Waals surface area contributed by atoms with E-state index in [1.165, 1.54) is 0 Å². The van der Waals surface area contributed by atoms with Crippen LogP contribution < -0.4 is 0 Å². The molecule has 130 valence electrons. The predicted octanol–water partition coefficient (Wildman–Crippen LogP) is 1.93. The quantitative estimate of drug-likeness (QED) is 0.880.